The fraction of sp³-hybridized carbons (Fsp3) is 0.143. The molecular weight excluding hydrogens is 350 g/mol. The van der Waals surface area contributed by atoms with Crippen LogP contribution in [0.2, 0.25) is 0 Å². The van der Waals surface area contributed by atoms with Crippen molar-refractivity contribution in [2.24, 2.45) is 7.05 Å². The summed E-state index contributed by atoms with van der Waals surface area (Å²) in [6.07, 6.45) is 0. The molecule has 0 spiro atoms. The molecule has 0 saturated heterocycles. The highest BCUT2D eigenvalue weighted by Crippen LogP contribution is 2.26. The lowest BCUT2D eigenvalue weighted by atomic mass is 10.3. The van der Waals surface area contributed by atoms with Crippen LogP contribution in [0.25, 0.3) is 10.7 Å². The molecule has 0 unspecified atom stereocenters. The second kappa shape index (κ2) is 6.95. The molecule has 9 heteroatoms. The molecule has 116 valence electrons. The van der Waals surface area contributed by atoms with Gasteiger partial charge in [0, 0.05) is 7.05 Å². The Hall–Kier alpha value is -2.15. The summed E-state index contributed by atoms with van der Waals surface area (Å²) in [5, 5.41) is 25.0. The number of nitrogens with zero attached hydrogens (tertiary/aromatic N) is 4. The van der Waals surface area contributed by atoms with Crippen LogP contribution < -0.4 is 5.32 Å². The number of thiophene rings is 2. The minimum Gasteiger partial charge on any atom is -0.316 e. The Bertz CT molecular complexity index is 859. The van der Waals surface area contributed by atoms with E-state index in [-0.39, 0.29) is 11.7 Å². The number of nitrogens with one attached hydrogen (secondary N) is 1. The number of anilines is 1. The minimum absolute atomic E-state index is 0.172. The monoisotopic (exact) mass is 361 g/mol. The predicted octanol–water partition coefficient (Wildman–Crippen LogP) is 3.21. The van der Waals surface area contributed by atoms with Crippen molar-refractivity contribution in [3.05, 3.63) is 34.5 Å². The van der Waals surface area contributed by atoms with Crippen molar-refractivity contribution in [3.8, 4) is 16.8 Å². The second-order valence-corrected chi connectivity index (χ2v) is 7.26. The highest BCUT2D eigenvalue weighted by Gasteiger charge is 2.14. The molecule has 0 radical (unpaired) electrons. The van der Waals surface area contributed by atoms with Gasteiger partial charge < -0.3 is 9.88 Å². The summed E-state index contributed by atoms with van der Waals surface area (Å²) in [5.41, 5.74) is 0.479. The zero-order valence-corrected chi connectivity index (χ0v) is 14.5. The van der Waals surface area contributed by atoms with E-state index in [1.54, 1.807) is 22.8 Å². The summed E-state index contributed by atoms with van der Waals surface area (Å²) >= 11 is 4.24. The summed E-state index contributed by atoms with van der Waals surface area (Å²) in [7, 11) is 1.88. The van der Waals surface area contributed by atoms with E-state index in [0.29, 0.717) is 15.7 Å². The molecule has 3 aromatic heterocycles. The van der Waals surface area contributed by atoms with E-state index in [9.17, 15) is 4.79 Å². The number of hydrogen-bond donors (Lipinski definition) is 1. The Morgan fingerprint density at radius 1 is 1.39 bits per heavy atom. The van der Waals surface area contributed by atoms with Crippen LogP contribution in [0.3, 0.4) is 0 Å². The Balaban J connectivity index is 1.63. The molecule has 23 heavy (non-hydrogen) atoms. The maximum absolute atomic E-state index is 12.0. The van der Waals surface area contributed by atoms with Crippen molar-refractivity contribution in [1.82, 2.24) is 14.8 Å². The van der Waals surface area contributed by atoms with Gasteiger partial charge in [0.15, 0.2) is 11.0 Å². The Morgan fingerprint density at radius 2 is 2.26 bits per heavy atom. The quantitative estimate of drug-likeness (QED) is 0.706. The van der Waals surface area contributed by atoms with E-state index in [1.807, 2.05) is 35.2 Å². The number of nitriles is 1. The van der Waals surface area contributed by atoms with E-state index in [0.717, 1.165) is 10.7 Å². The first-order valence-corrected chi connectivity index (χ1v) is 9.27. The lowest BCUT2D eigenvalue weighted by molar-refractivity contribution is -0.113. The van der Waals surface area contributed by atoms with Gasteiger partial charge in [-0.1, -0.05) is 17.8 Å². The van der Waals surface area contributed by atoms with Gasteiger partial charge in [-0.25, -0.2) is 0 Å². The molecule has 0 aromatic carbocycles. The van der Waals surface area contributed by atoms with Gasteiger partial charge in [-0.05, 0) is 22.9 Å². The number of aromatic nitrogens is 3. The molecule has 6 nitrogen and oxygen atoms in total. The summed E-state index contributed by atoms with van der Waals surface area (Å²) in [4.78, 5) is 13.0. The van der Waals surface area contributed by atoms with Gasteiger partial charge in [0.05, 0.1) is 16.2 Å². The lowest BCUT2D eigenvalue weighted by Crippen LogP contribution is -2.14. The van der Waals surface area contributed by atoms with Crippen LogP contribution in [0.4, 0.5) is 5.00 Å². The van der Waals surface area contributed by atoms with E-state index in [1.165, 1.54) is 23.1 Å². The molecule has 0 atom stereocenters. The van der Waals surface area contributed by atoms with Gasteiger partial charge >= 0.3 is 0 Å². The number of thioether (sulfide) groups is 1. The summed E-state index contributed by atoms with van der Waals surface area (Å²) in [5.74, 6) is 0.821. The average molecular weight is 361 g/mol. The number of carbonyl (C=O) groups excluding carboxylic acids is 1. The van der Waals surface area contributed by atoms with Crippen LogP contribution in [0.5, 0.6) is 0 Å². The first-order chi connectivity index (χ1) is 11.2. The van der Waals surface area contributed by atoms with Crippen LogP contribution in [0.15, 0.2) is 34.1 Å². The zero-order chi connectivity index (χ0) is 16.2. The number of hydrogen-bond acceptors (Lipinski definition) is 7. The number of amides is 1. The highest BCUT2D eigenvalue weighted by atomic mass is 32.2. The lowest BCUT2D eigenvalue weighted by Gasteiger charge is -2.04. The number of carbonyl (C=O) groups is 1. The zero-order valence-electron chi connectivity index (χ0n) is 12.0. The van der Waals surface area contributed by atoms with Crippen molar-refractivity contribution in [2.75, 3.05) is 11.1 Å². The normalized spacial score (nSPS) is 10.4. The minimum atomic E-state index is -0.172. The van der Waals surface area contributed by atoms with Crippen LogP contribution in [-0.4, -0.2) is 26.4 Å². The van der Waals surface area contributed by atoms with Gasteiger partial charge in [-0.2, -0.15) is 5.26 Å². The summed E-state index contributed by atoms with van der Waals surface area (Å²) in [6, 6.07) is 7.67. The van der Waals surface area contributed by atoms with E-state index in [2.05, 4.69) is 15.5 Å². The maximum Gasteiger partial charge on any atom is 0.235 e. The average Bonchev–Trinajstić information content (AvgIpc) is 3.26. The van der Waals surface area contributed by atoms with Gasteiger partial charge in [-0.3, -0.25) is 4.79 Å². The Morgan fingerprint density at radius 3 is 3.00 bits per heavy atom. The standard InChI is InChI=1S/C14H11N5OS3/c1-19-12(10-3-2-5-21-10)17-18-14(19)23-8-11(20)16-13-9(7-15)4-6-22-13/h2-6H,8H2,1H3,(H,16,20). The summed E-state index contributed by atoms with van der Waals surface area (Å²) < 4.78 is 1.87. The molecule has 0 aliphatic rings. The summed E-state index contributed by atoms with van der Waals surface area (Å²) in [6.45, 7) is 0. The Labute approximate surface area is 144 Å². The van der Waals surface area contributed by atoms with Crippen LogP contribution in [0.1, 0.15) is 5.56 Å². The number of rotatable bonds is 5. The van der Waals surface area contributed by atoms with Crippen LogP contribution in [-0.2, 0) is 11.8 Å². The molecule has 3 heterocycles. The van der Waals surface area contributed by atoms with Crippen molar-refractivity contribution < 1.29 is 4.79 Å². The fourth-order valence-corrected chi connectivity index (χ4v) is 4.06. The smallest absolute Gasteiger partial charge is 0.235 e. The van der Waals surface area contributed by atoms with Crippen molar-refractivity contribution in [2.45, 2.75) is 5.16 Å². The van der Waals surface area contributed by atoms with E-state index in [4.69, 9.17) is 5.26 Å². The molecule has 0 saturated carbocycles. The topological polar surface area (TPSA) is 83.6 Å². The van der Waals surface area contributed by atoms with Crippen molar-refractivity contribution in [1.29, 1.82) is 5.26 Å². The largest absolute Gasteiger partial charge is 0.316 e. The Kier molecular flexibility index (Phi) is 4.76. The van der Waals surface area contributed by atoms with Crippen LogP contribution >= 0.6 is 34.4 Å². The van der Waals surface area contributed by atoms with Crippen molar-refractivity contribution in [3.63, 3.8) is 0 Å². The molecule has 0 aliphatic carbocycles. The molecule has 1 N–H and O–H groups in total. The third-order valence-electron chi connectivity index (χ3n) is 2.95. The first-order valence-electron chi connectivity index (χ1n) is 6.52. The van der Waals surface area contributed by atoms with Crippen molar-refractivity contribution >= 4 is 45.3 Å². The van der Waals surface area contributed by atoms with Gasteiger partial charge in [0.1, 0.15) is 11.1 Å². The molecule has 0 bridgehead atoms. The SMILES string of the molecule is Cn1c(SCC(=O)Nc2sccc2C#N)nnc1-c1cccs1. The van der Waals surface area contributed by atoms with Gasteiger partial charge in [-0.15, -0.1) is 32.9 Å². The van der Waals surface area contributed by atoms with E-state index < -0.39 is 0 Å². The first kappa shape index (κ1) is 15.7. The van der Waals surface area contributed by atoms with Gasteiger partial charge in [0.25, 0.3) is 0 Å². The molecule has 0 aliphatic heterocycles. The highest BCUT2D eigenvalue weighted by molar-refractivity contribution is 7.99. The second-order valence-electron chi connectivity index (χ2n) is 4.45. The molecule has 3 aromatic rings. The van der Waals surface area contributed by atoms with E-state index >= 15 is 0 Å². The maximum atomic E-state index is 12.0. The third-order valence-corrected chi connectivity index (χ3v) is 5.66. The predicted molar refractivity (Wildman–Crippen MR) is 92.7 cm³/mol. The fourth-order valence-electron chi connectivity index (χ4n) is 1.85. The molecular formula is C14H11N5OS3. The third kappa shape index (κ3) is 3.44. The van der Waals surface area contributed by atoms with Crippen LogP contribution in [0, 0.1) is 11.3 Å². The molecule has 1 amide bonds. The molecule has 0 fully saturated rings. The van der Waals surface area contributed by atoms with Gasteiger partial charge in [0.2, 0.25) is 5.91 Å². The molecule has 3 rings (SSSR count).